The molecule has 0 aliphatic heterocycles. The van der Waals surface area contributed by atoms with Gasteiger partial charge < -0.3 is 10.4 Å². The van der Waals surface area contributed by atoms with E-state index in [9.17, 15) is 9.18 Å². The molecule has 0 aliphatic carbocycles. The van der Waals surface area contributed by atoms with Crippen LogP contribution in [0, 0.1) is 5.82 Å². The normalized spacial score (nSPS) is 12.2. The van der Waals surface area contributed by atoms with Crippen LogP contribution in [0.3, 0.4) is 0 Å². The number of carbonyl (C=O) groups excluding carboxylic acids is 1. The number of amides is 1. The van der Waals surface area contributed by atoms with Gasteiger partial charge in [0.25, 0.3) is 0 Å². The number of carbonyl (C=O) groups is 1. The molecule has 3 nitrogen and oxygen atoms in total. The zero-order valence-corrected chi connectivity index (χ0v) is 8.53. The predicted molar refractivity (Wildman–Crippen MR) is 54.8 cm³/mol. The monoisotopic (exact) mass is 211 g/mol. The lowest BCUT2D eigenvalue weighted by atomic mass is 10.1. The van der Waals surface area contributed by atoms with Crippen molar-refractivity contribution in [2.45, 2.75) is 19.4 Å². The molecule has 2 N–H and O–H groups in total. The number of benzene rings is 1. The van der Waals surface area contributed by atoms with Gasteiger partial charge >= 0.3 is 0 Å². The van der Waals surface area contributed by atoms with Crippen molar-refractivity contribution in [1.29, 1.82) is 0 Å². The van der Waals surface area contributed by atoms with Crippen LogP contribution < -0.4 is 5.32 Å². The Hall–Kier alpha value is -1.42. The molecule has 0 saturated heterocycles. The van der Waals surface area contributed by atoms with E-state index in [2.05, 4.69) is 5.32 Å². The molecule has 0 aliphatic rings. The second-order valence-electron chi connectivity index (χ2n) is 3.45. The Bertz CT molecular complexity index is 324. The standard InChI is InChI=1S/C11H14FNO2/c1-8(7-14)13-11(15)6-9-2-4-10(12)5-3-9/h2-5,8,14H,6-7H2,1H3,(H,13,15)/t8-/m0/s1. The summed E-state index contributed by atoms with van der Waals surface area (Å²) in [5, 5.41) is 11.3. The van der Waals surface area contributed by atoms with Crippen molar-refractivity contribution in [3.8, 4) is 0 Å². The number of rotatable bonds is 4. The van der Waals surface area contributed by atoms with Crippen LogP contribution in [0.5, 0.6) is 0 Å². The first-order valence-electron chi connectivity index (χ1n) is 4.76. The van der Waals surface area contributed by atoms with Crippen LogP contribution in [-0.2, 0) is 11.2 Å². The van der Waals surface area contributed by atoms with Gasteiger partial charge in [-0.2, -0.15) is 0 Å². The van der Waals surface area contributed by atoms with Crippen LogP contribution >= 0.6 is 0 Å². The van der Waals surface area contributed by atoms with E-state index < -0.39 is 0 Å². The van der Waals surface area contributed by atoms with Gasteiger partial charge in [0.2, 0.25) is 5.91 Å². The predicted octanol–water partition coefficient (Wildman–Crippen LogP) is 0.865. The van der Waals surface area contributed by atoms with Gasteiger partial charge in [0.05, 0.1) is 13.0 Å². The molecule has 82 valence electrons. The lowest BCUT2D eigenvalue weighted by Gasteiger charge is -2.10. The lowest BCUT2D eigenvalue weighted by molar-refractivity contribution is -0.121. The Kier molecular flexibility index (Phi) is 4.24. The smallest absolute Gasteiger partial charge is 0.224 e. The molecule has 0 heterocycles. The van der Waals surface area contributed by atoms with Crippen LogP contribution in [0.1, 0.15) is 12.5 Å². The molecule has 1 amide bonds. The summed E-state index contributed by atoms with van der Waals surface area (Å²) in [5.41, 5.74) is 0.749. The minimum atomic E-state index is -0.317. The molecule has 1 rings (SSSR count). The van der Waals surface area contributed by atoms with E-state index >= 15 is 0 Å². The van der Waals surface area contributed by atoms with Crippen molar-refractivity contribution >= 4 is 5.91 Å². The number of aliphatic hydroxyl groups excluding tert-OH is 1. The Labute approximate surface area is 87.9 Å². The van der Waals surface area contributed by atoms with Crippen molar-refractivity contribution in [1.82, 2.24) is 5.32 Å². The van der Waals surface area contributed by atoms with Crippen LogP contribution in [-0.4, -0.2) is 23.7 Å². The summed E-state index contributed by atoms with van der Waals surface area (Å²) in [4.78, 5) is 11.4. The highest BCUT2D eigenvalue weighted by Crippen LogP contribution is 2.03. The third-order valence-corrected chi connectivity index (χ3v) is 1.96. The van der Waals surface area contributed by atoms with E-state index in [0.717, 1.165) is 5.56 Å². The van der Waals surface area contributed by atoms with Gasteiger partial charge in [-0.3, -0.25) is 4.79 Å². The van der Waals surface area contributed by atoms with Crippen molar-refractivity contribution in [2.24, 2.45) is 0 Å². The van der Waals surface area contributed by atoms with Crippen LogP contribution in [0.4, 0.5) is 4.39 Å². The van der Waals surface area contributed by atoms with Gasteiger partial charge in [0, 0.05) is 6.04 Å². The van der Waals surface area contributed by atoms with Gasteiger partial charge in [0.1, 0.15) is 5.82 Å². The maximum absolute atomic E-state index is 12.6. The molecule has 0 spiro atoms. The number of hydrogen-bond acceptors (Lipinski definition) is 2. The largest absolute Gasteiger partial charge is 0.394 e. The molecule has 0 fully saturated rings. The average molecular weight is 211 g/mol. The third-order valence-electron chi connectivity index (χ3n) is 1.96. The Morgan fingerprint density at radius 3 is 2.60 bits per heavy atom. The summed E-state index contributed by atoms with van der Waals surface area (Å²) in [6, 6.07) is 5.52. The minimum Gasteiger partial charge on any atom is -0.394 e. The summed E-state index contributed by atoms with van der Waals surface area (Å²) in [7, 11) is 0. The van der Waals surface area contributed by atoms with Gasteiger partial charge in [-0.25, -0.2) is 4.39 Å². The van der Waals surface area contributed by atoms with Gasteiger partial charge in [0.15, 0.2) is 0 Å². The lowest BCUT2D eigenvalue weighted by Crippen LogP contribution is -2.35. The van der Waals surface area contributed by atoms with E-state index in [1.54, 1.807) is 19.1 Å². The van der Waals surface area contributed by atoms with Gasteiger partial charge in [-0.05, 0) is 24.6 Å². The quantitative estimate of drug-likeness (QED) is 0.776. The maximum Gasteiger partial charge on any atom is 0.224 e. The molecular formula is C11H14FNO2. The first kappa shape index (κ1) is 11.7. The SMILES string of the molecule is C[C@@H](CO)NC(=O)Cc1ccc(F)cc1. The van der Waals surface area contributed by atoms with Crippen molar-refractivity contribution in [2.75, 3.05) is 6.61 Å². The van der Waals surface area contributed by atoms with Crippen molar-refractivity contribution in [3.05, 3.63) is 35.6 Å². The maximum atomic E-state index is 12.6. The van der Waals surface area contributed by atoms with E-state index in [1.807, 2.05) is 0 Å². The topological polar surface area (TPSA) is 49.3 Å². The van der Waals surface area contributed by atoms with E-state index in [0.29, 0.717) is 0 Å². The first-order chi connectivity index (χ1) is 7.11. The number of aliphatic hydroxyl groups is 1. The highest BCUT2D eigenvalue weighted by molar-refractivity contribution is 5.78. The van der Waals surface area contributed by atoms with Crippen LogP contribution in [0.15, 0.2) is 24.3 Å². The Morgan fingerprint density at radius 2 is 2.07 bits per heavy atom. The number of nitrogens with one attached hydrogen (secondary N) is 1. The molecular weight excluding hydrogens is 197 g/mol. The molecule has 0 aromatic heterocycles. The van der Waals surface area contributed by atoms with Crippen LogP contribution in [0.25, 0.3) is 0 Å². The Morgan fingerprint density at radius 1 is 1.47 bits per heavy atom. The van der Waals surface area contributed by atoms with E-state index in [-0.39, 0.29) is 30.8 Å². The number of halogens is 1. The molecule has 4 heteroatoms. The van der Waals surface area contributed by atoms with Gasteiger partial charge in [-0.15, -0.1) is 0 Å². The summed E-state index contributed by atoms with van der Waals surface area (Å²) in [6.45, 7) is 1.62. The zero-order chi connectivity index (χ0) is 11.3. The molecule has 0 unspecified atom stereocenters. The second kappa shape index (κ2) is 5.46. The number of hydrogen-bond donors (Lipinski definition) is 2. The molecule has 0 bridgehead atoms. The molecule has 0 radical (unpaired) electrons. The molecule has 15 heavy (non-hydrogen) atoms. The van der Waals surface area contributed by atoms with E-state index in [4.69, 9.17) is 5.11 Å². The zero-order valence-electron chi connectivity index (χ0n) is 8.53. The van der Waals surface area contributed by atoms with Crippen molar-refractivity contribution < 1.29 is 14.3 Å². The molecule has 1 atom stereocenters. The highest BCUT2D eigenvalue weighted by atomic mass is 19.1. The van der Waals surface area contributed by atoms with E-state index in [1.165, 1.54) is 12.1 Å². The first-order valence-corrected chi connectivity index (χ1v) is 4.76. The fraction of sp³-hybridized carbons (Fsp3) is 0.364. The molecule has 1 aromatic carbocycles. The second-order valence-corrected chi connectivity index (χ2v) is 3.45. The fourth-order valence-electron chi connectivity index (χ4n) is 1.16. The third kappa shape index (κ3) is 4.08. The fourth-order valence-corrected chi connectivity index (χ4v) is 1.16. The summed E-state index contributed by atoms with van der Waals surface area (Å²) in [6.07, 6.45) is 0.199. The summed E-state index contributed by atoms with van der Waals surface area (Å²) in [5.74, 6) is -0.494. The molecule has 0 saturated carbocycles. The Balaban J connectivity index is 2.48. The van der Waals surface area contributed by atoms with Gasteiger partial charge in [-0.1, -0.05) is 12.1 Å². The molecule has 1 aromatic rings. The summed E-state index contributed by atoms with van der Waals surface area (Å²) < 4.78 is 12.6. The average Bonchev–Trinajstić information content (AvgIpc) is 2.21. The highest BCUT2D eigenvalue weighted by Gasteiger charge is 2.06. The van der Waals surface area contributed by atoms with Crippen molar-refractivity contribution in [3.63, 3.8) is 0 Å². The van der Waals surface area contributed by atoms with Crippen LogP contribution in [0.2, 0.25) is 0 Å². The minimum absolute atomic E-state index is 0.0881. The summed E-state index contributed by atoms with van der Waals surface area (Å²) >= 11 is 0.